The van der Waals surface area contributed by atoms with Crippen molar-refractivity contribution in [3.63, 3.8) is 0 Å². The fraction of sp³-hybridized carbons (Fsp3) is 1.00. The van der Waals surface area contributed by atoms with E-state index in [-0.39, 0.29) is 12.7 Å². The summed E-state index contributed by atoms with van der Waals surface area (Å²) in [4.78, 5) is 0. The molecular weight excluding hydrogens is 254 g/mol. The van der Waals surface area contributed by atoms with Gasteiger partial charge in [0.15, 0.2) is 0 Å². The van der Waals surface area contributed by atoms with Gasteiger partial charge in [0.05, 0.1) is 12.7 Å². The van der Waals surface area contributed by atoms with Crippen molar-refractivity contribution < 1.29 is 13.6 Å². The van der Waals surface area contributed by atoms with Gasteiger partial charge in [0.1, 0.15) is 0 Å². The summed E-state index contributed by atoms with van der Waals surface area (Å²) in [6, 6.07) is 0. The second-order valence-electron chi connectivity index (χ2n) is 2.11. The van der Waals surface area contributed by atoms with Crippen LogP contribution in [-0.2, 0) is 13.6 Å². The summed E-state index contributed by atoms with van der Waals surface area (Å²) in [5.41, 5.74) is 0. The van der Waals surface area contributed by atoms with Crippen molar-refractivity contribution >= 4 is 34.1 Å². The Hall–Kier alpha value is 0.920. The Balaban J connectivity index is 3.71. The van der Waals surface area contributed by atoms with E-state index >= 15 is 0 Å². The van der Waals surface area contributed by atoms with E-state index in [4.69, 9.17) is 20.3 Å². The molecule has 68 valence electrons. The van der Waals surface area contributed by atoms with Crippen LogP contribution in [-0.4, -0.2) is 18.0 Å². The van der Waals surface area contributed by atoms with Gasteiger partial charge in [0, 0.05) is 16.6 Å². The highest BCUT2D eigenvalue weighted by molar-refractivity contribution is 9.09. The van der Waals surface area contributed by atoms with Crippen LogP contribution in [0.5, 0.6) is 0 Å². The summed E-state index contributed by atoms with van der Waals surface area (Å²) >= 11 is 8.51. The van der Waals surface area contributed by atoms with Crippen molar-refractivity contribution in [2.45, 2.75) is 20.0 Å². The van der Waals surface area contributed by atoms with Gasteiger partial charge in [-0.1, -0.05) is 15.9 Å². The SMILES string of the molecule is CC(C)OP(=O)(Cl)OCCBr. The van der Waals surface area contributed by atoms with Crippen molar-refractivity contribution in [2.24, 2.45) is 0 Å². The molecule has 0 aliphatic carbocycles. The van der Waals surface area contributed by atoms with Crippen molar-refractivity contribution in [1.82, 2.24) is 0 Å². The summed E-state index contributed by atoms with van der Waals surface area (Å²) in [7, 11) is 0. The van der Waals surface area contributed by atoms with Crippen LogP contribution in [0.15, 0.2) is 0 Å². The van der Waals surface area contributed by atoms with Crippen molar-refractivity contribution in [3.8, 4) is 0 Å². The van der Waals surface area contributed by atoms with E-state index in [1.807, 2.05) is 0 Å². The van der Waals surface area contributed by atoms with Gasteiger partial charge in [0.25, 0.3) is 0 Å². The topological polar surface area (TPSA) is 35.5 Å². The molecule has 0 fully saturated rings. The van der Waals surface area contributed by atoms with E-state index in [0.717, 1.165) is 0 Å². The molecule has 6 heteroatoms. The van der Waals surface area contributed by atoms with Crippen LogP contribution in [0.2, 0.25) is 0 Å². The van der Waals surface area contributed by atoms with Gasteiger partial charge in [-0.25, -0.2) is 4.57 Å². The third-order valence-corrected chi connectivity index (χ3v) is 2.68. The quantitative estimate of drug-likeness (QED) is 0.566. The predicted octanol–water partition coefficient (Wildman–Crippen LogP) is 3.17. The fourth-order valence-electron chi connectivity index (χ4n) is 0.426. The van der Waals surface area contributed by atoms with E-state index in [0.29, 0.717) is 5.33 Å². The van der Waals surface area contributed by atoms with Gasteiger partial charge in [-0.2, -0.15) is 0 Å². The Morgan fingerprint density at radius 3 is 2.55 bits per heavy atom. The highest BCUT2D eigenvalue weighted by Gasteiger charge is 2.21. The van der Waals surface area contributed by atoms with Gasteiger partial charge in [-0.15, -0.1) is 0 Å². The molecule has 0 aromatic carbocycles. The highest BCUT2D eigenvalue weighted by atomic mass is 79.9. The molecule has 0 N–H and O–H groups in total. The summed E-state index contributed by atoms with van der Waals surface area (Å²) in [5, 5.41) is 0.588. The van der Waals surface area contributed by atoms with Gasteiger partial charge < -0.3 is 0 Å². The van der Waals surface area contributed by atoms with Crippen LogP contribution in [0, 0.1) is 0 Å². The molecule has 0 saturated carbocycles. The highest BCUT2D eigenvalue weighted by Crippen LogP contribution is 2.54. The van der Waals surface area contributed by atoms with E-state index < -0.39 is 6.95 Å². The van der Waals surface area contributed by atoms with Crippen molar-refractivity contribution in [3.05, 3.63) is 0 Å². The molecule has 0 bridgehead atoms. The molecule has 0 amide bonds. The lowest BCUT2D eigenvalue weighted by atomic mass is 10.5. The number of halogens is 2. The van der Waals surface area contributed by atoms with Crippen molar-refractivity contribution in [2.75, 3.05) is 11.9 Å². The molecule has 0 aliphatic heterocycles. The normalized spacial score (nSPS) is 16.8. The second kappa shape index (κ2) is 5.55. The minimum atomic E-state index is -3.32. The predicted molar refractivity (Wildman–Crippen MR) is 49.4 cm³/mol. The molecule has 1 unspecified atom stereocenters. The minimum absolute atomic E-state index is 0.186. The third-order valence-electron chi connectivity index (χ3n) is 0.659. The van der Waals surface area contributed by atoms with Crippen LogP contribution in [0.1, 0.15) is 13.8 Å². The Bertz CT molecular complexity index is 153. The Morgan fingerprint density at radius 2 is 2.18 bits per heavy atom. The van der Waals surface area contributed by atoms with Gasteiger partial charge >= 0.3 is 6.95 Å². The Kier molecular flexibility index (Phi) is 6.01. The molecule has 0 aromatic rings. The molecule has 0 spiro atoms. The molecule has 0 heterocycles. The number of hydrogen-bond acceptors (Lipinski definition) is 3. The number of hydrogen-bond donors (Lipinski definition) is 0. The minimum Gasteiger partial charge on any atom is -0.296 e. The average Bonchev–Trinajstić information content (AvgIpc) is 1.81. The molecule has 0 saturated heterocycles. The average molecular weight is 265 g/mol. The van der Waals surface area contributed by atoms with Crippen LogP contribution < -0.4 is 0 Å². The molecule has 3 nitrogen and oxygen atoms in total. The lowest BCUT2D eigenvalue weighted by molar-refractivity contribution is 0.187. The second-order valence-corrected chi connectivity index (χ2v) is 5.47. The van der Waals surface area contributed by atoms with Gasteiger partial charge in [0.2, 0.25) is 0 Å². The van der Waals surface area contributed by atoms with E-state index in [9.17, 15) is 4.57 Å². The Morgan fingerprint density at radius 1 is 1.64 bits per heavy atom. The third kappa shape index (κ3) is 7.29. The molecule has 0 aromatic heterocycles. The molecule has 0 rings (SSSR count). The first kappa shape index (κ1) is 11.9. The molecule has 1 atom stereocenters. The largest absolute Gasteiger partial charge is 0.424 e. The van der Waals surface area contributed by atoms with E-state index in [1.54, 1.807) is 13.8 Å². The van der Waals surface area contributed by atoms with Crippen LogP contribution in [0.4, 0.5) is 0 Å². The van der Waals surface area contributed by atoms with Crippen molar-refractivity contribution in [1.29, 1.82) is 0 Å². The zero-order valence-corrected chi connectivity index (χ0v) is 9.66. The Labute approximate surface area is 79.9 Å². The van der Waals surface area contributed by atoms with Gasteiger partial charge in [-0.3, -0.25) is 9.05 Å². The summed E-state index contributed by atoms with van der Waals surface area (Å²) in [6.45, 7) is 0.447. The first-order chi connectivity index (χ1) is 4.98. The first-order valence-corrected chi connectivity index (χ1v) is 6.73. The lowest BCUT2D eigenvalue weighted by Crippen LogP contribution is -2.00. The number of rotatable bonds is 5. The number of alkyl halides is 1. The van der Waals surface area contributed by atoms with Gasteiger partial charge in [-0.05, 0) is 13.8 Å². The lowest BCUT2D eigenvalue weighted by Gasteiger charge is -2.12. The summed E-state index contributed by atoms with van der Waals surface area (Å²) < 4.78 is 20.6. The maximum absolute atomic E-state index is 11.1. The van der Waals surface area contributed by atoms with Crippen LogP contribution >= 0.6 is 34.1 Å². The summed E-state index contributed by atoms with van der Waals surface area (Å²) in [5.74, 6) is 0. The standard InChI is InChI=1S/C5H11BrClO3P/c1-5(2)10-11(7,8)9-4-3-6/h5H,3-4H2,1-2H3. The van der Waals surface area contributed by atoms with E-state index in [2.05, 4.69) is 15.9 Å². The molecular formula is C5H11BrClO3P. The first-order valence-electron chi connectivity index (χ1n) is 3.16. The monoisotopic (exact) mass is 264 g/mol. The van der Waals surface area contributed by atoms with Crippen LogP contribution in [0.3, 0.4) is 0 Å². The molecule has 11 heavy (non-hydrogen) atoms. The van der Waals surface area contributed by atoms with E-state index in [1.165, 1.54) is 0 Å². The summed E-state index contributed by atoms with van der Waals surface area (Å²) in [6.07, 6.45) is -0.186. The zero-order valence-electron chi connectivity index (χ0n) is 6.42. The zero-order chi connectivity index (χ0) is 8.91. The molecule has 0 aliphatic rings. The fourth-order valence-corrected chi connectivity index (χ4v) is 2.40. The molecule has 0 radical (unpaired) electrons. The maximum atomic E-state index is 11.1. The van der Waals surface area contributed by atoms with Crippen LogP contribution in [0.25, 0.3) is 0 Å². The smallest absolute Gasteiger partial charge is 0.296 e. The maximum Gasteiger partial charge on any atom is 0.424 e.